The third-order valence-corrected chi connectivity index (χ3v) is 5.66. The minimum atomic E-state index is -4.64. The van der Waals surface area contributed by atoms with E-state index in [9.17, 15) is 0 Å². The van der Waals surface area contributed by atoms with Gasteiger partial charge in [0, 0.05) is 0 Å². The number of hydrogen-bond donors (Lipinski definition) is 3. The maximum absolute atomic E-state index is 8.88. The van der Waals surface area contributed by atoms with Crippen molar-refractivity contribution in [2.24, 2.45) is 0 Å². The lowest BCUT2D eigenvalue weighted by molar-refractivity contribution is 0.275. The van der Waals surface area contributed by atoms with Gasteiger partial charge in [0.05, 0.1) is 0 Å². The summed E-state index contributed by atoms with van der Waals surface area (Å²) in [5, 5.41) is 0. The molecule has 0 bridgehead atoms. The molecule has 0 fully saturated rings. The minimum Gasteiger partial charge on any atom is -0.303 e. The van der Waals surface area contributed by atoms with Gasteiger partial charge in [-0.2, -0.15) is 23.5 Å². The normalized spacial score (nSPS) is 10.6. The molecule has 0 spiro atoms. The van der Waals surface area contributed by atoms with E-state index in [1.165, 1.54) is 100 Å². The molecule has 0 aliphatic carbocycles. The van der Waals surface area contributed by atoms with Gasteiger partial charge in [0.25, 0.3) is 0 Å². The van der Waals surface area contributed by atoms with Gasteiger partial charge in [0.2, 0.25) is 0 Å². The topological polar surface area (TPSA) is 77.8 Å². The molecule has 0 heterocycles. The van der Waals surface area contributed by atoms with Crippen LogP contribution in [-0.4, -0.2) is 37.7 Å². The van der Waals surface area contributed by atoms with Gasteiger partial charge in [0.1, 0.15) is 0 Å². The summed E-state index contributed by atoms with van der Waals surface area (Å²) in [4.78, 5) is 21.6. The molecule has 0 saturated carbocycles. The maximum atomic E-state index is 8.88. The van der Waals surface area contributed by atoms with Crippen LogP contribution in [0, 0.1) is 0 Å². The lowest BCUT2D eigenvalue weighted by Crippen LogP contribution is -1.82. The van der Waals surface area contributed by atoms with Crippen molar-refractivity contribution in [1.29, 1.82) is 0 Å². The Labute approximate surface area is 178 Å². The molecule has 0 saturated heterocycles. The summed E-state index contributed by atoms with van der Waals surface area (Å²) in [6.07, 6.45) is 17.2. The summed E-state index contributed by atoms with van der Waals surface area (Å²) in [6.45, 7) is 9.02. The summed E-state index contributed by atoms with van der Waals surface area (Å²) in [5.41, 5.74) is 0. The summed E-state index contributed by atoms with van der Waals surface area (Å²) >= 11 is 4.14. The van der Waals surface area contributed by atoms with E-state index in [0.717, 1.165) is 0 Å². The van der Waals surface area contributed by atoms with E-state index < -0.39 is 7.82 Å². The molecule has 0 aromatic heterocycles. The smallest absolute Gasteiger partial charge is 0.303 e. The van der Waals surface area contributed by atoms with E-state index >= 15 is 0 Å². The maximum Gasteiger partial charge on any atom is 0.466 e. The summed E-state index contributed by atoms with van der Waals surface area (Å²) in [6, 6.07) is 0. The summed E-state index contributed by atoms with van der Waals surface area (Å²) in [5.74, 6) is 5.33. The molecule has 0 aromatic carbocycles. The quantitative estimate of drug-likeness (QED) is 0.171. The molecule has 3 N–H and O–H groups in total. The molecule has 0 radical (unpaired) electrons. The molecule has 0 aliphatic rings. The Hall–Kier alpha value is 0.810. The molecule has 4 nitrogen and oxygen atoms in total. The molecular formula is C20H47O4PS2. The standard InChI is InChI=1S/2C10H22S.H3O4P/c2*1-3-5-6-7-8-9-10-11-4-2;1-5(2,3)4/h2*3-10H2,1-2H3;(H3,1,2,3,4). The van der Waals surface area contributed by atoms with Gasteiger partial charge >= 0.3 is 7.82 Å². The van der Waals surface area contributed by atoms with E-state index in [-0.39, 0.29) is 0 Å². The minimum absolute atomic E-state index is 1.29. The molecule has 0 unspecified atom stereocenters. The van der Waals surface area contributed by atoms with Gasteiger partial charge in [-0.05, 0) is 35.9 Å². The van der Waals surface area contributed by atoms with Crippen LogP contribution in [0.15, 0.2) is 0 Å². The summed E-state index contributed by atoms with van der Waals surface area (Å²) in [7, 11) is -4.64. The van der Waals surface area contributed by atoms with Gasteiger partial charge in [-0.3, -0.25) is 0 Å². The van der Waals surface area contributed by atoms with Crippen molar-refractivity contribution in [3.05, 3.63) is 0 Å². The zero-order chi connectivity index (χ0) is 21.2. The SMILES string of the molecule is CCCCCCCCSCC.CCCCCCCCSCC.O=P(O)(O)O. The van der Waals surface area contributed by atoms with Crippen molar-refractivity contribution in [2.75, 3.05) is 23.0 Å². The molecule has 0 atom stereocenters. The Morgan fingerprint density at radius 3 is 1.07 bits per heavy atom. The zero-order valence-corrected chi connectivity index (χ0v) is 20.9. The highest BCUT2D eigenvalue weighted by atomic mass is 32.2. The van der Waals surface area contributed by atoms with Crippen LogP contribution < -0.4 is 0 Å². The molecule has 0 amide bonds. The highest BCUT2D eigenvalue weighted by Crippen LogP contribution is 2.25. The van der Waals surface area contributed by atoms with E-state index in [0.29, 0.717) is 0 Å². The van der Waals surface area contributed by atoms with Gasteiger partial charge in [0.15, 0.2) is 0 Å². The fraction of sp³-hybridized carbons (Fsp3) is 1.00. The van der Waals surface area contributed by atoms with E-state index in [4.69, 9.17) is 19.2 Å². The fourth-order valence-electron chi connectivity index (χ4n) is 2.26. The largest absolute Gasteiger partial charge is 0.466 e. The molecule has 168 valence electrons. The van der Waals surface area contributed by atoms with E-state index in [1.807, 2.05) is 0 Å². The van der Waals surface area contributed by atoms with Crippen LogP contribution in [0.4, 0.5) is 0 Å². The van der Waals surface area contributed by atoms with Crippen molar-refractivity contribution >= 4 is 31.3 Å². The lowest BCUT2D eigenvalue weighted by Gasteiger charge is -1.99. The monoisotopic (exact) mass is 446 g/mol. The molecule has 0 rings (SSSR count). The van der Waals surface area contributed by atoms with Crippen LogP contribution >= 0.6 is 31.3 Å². The Kier molecular flexibility index (Phi) is 34.9. The van der Waals surface area contributed by atoms with Crippen molar-refractivity contribution < 1.29 is 19.2 Å². The number of hydrogen-bond acceptors (Lipinski definition) is 3. The van der Waals surface area contributed by atoms with Gasteiger partial charge in [-0.25, -0.2) is 4.57 Å². The van der Waals surface area contributed by atoms with Gasteiger partial charge < -0.3 is 14.7 Å². The average Bonchev–Trinajstić information content (AvgIpc) is 2.59. The van der Waals surface area contributed by atoms with Crippen molar-refractivity contribution in [2.45, 2.75) is 105 Å². The number of phosphoric acid groups is 1. The second-order valence-corrected chi connectivity index (χ2v) is 10.3. The van der Waals surface area contributed by atoms with E-state index in [2.05, 4.69) is 51.2 Å². The van der Waals surface area contributed by atoms with Crippen molar-refractivity contribution in [3.8, 4) is 0 Å². The predicted octanol–water partition coefficient (Wildman–Crippen LogP) is 7.27. The third-order valence-electron chi connectivity index (χ3n) is 3.69. The van der Waals surface area contributed by atoms with Crippen LogP contribution in [0.3, 0.4) is 0 Å². The van der Waals surface area contributed by atoms with Gasteiger partial charge in [-0.1, -0.05) is 91.9 Å². The molecule has 27 heavy (non-hydrogen) atoms. The first kappa shape index (κ1) is 32.5. The average molecular weight is 447 g/mol. The molecule has 0 aromatic rings. The van der Waals surface area contributed by atoms with Gasteiger partial charge in [-0.15, -0.1) is 0 Å². The van der Waals surface area contributed by atoms with Crippen molar-refractivity contribution in [1.82, 2.24) is 0 Å². The second kappa shape index (κ2) is 29.0. The number of unbranched alkanes of at least 4 members (excludes halogenated alkanes) is 10. The molecular weight excluding hydrogens is 399 g/mol. The molecule has 7 heteroatoms. The highest BCUT2D eigenvalue weighted by Gasteiger charge is 2.00. The Morgan fingerprint density at radius 1 is 0.556 bits per heavy atom. The van der Waals surface area contributed by atoms with Crippen LogP contribution in [0.1, 0.15) is 105 Å². The van der Waals surface area contributed by atoms with Crippen LogP contribution in [-0.2, 0) is 4.57 Å². The Bertz CT molecular complexity index is 247. The van der Waals surface area contributed by atoms with Crippen molar-refractivity contribution in [3.63, 3.8) is 0 Å². The molecule has 0 aliphatic heterocycles. The number of rotatable bonds is 16. The number of thioether (sulfide) groups is 2. The second-order valence-electron chi connectivity index (χ2n) is 6.44. The van der Waals surface area contributed by atoms with Crippen LogP contribution in [0.2, 0.25) is 0 Å². The third kappa shape index (κ3) is 58.4. The van der Waals surface area contributed by atoms with Crippen LogP contribution in [0.25, 0.3) is 0 Å². The Morgan fingerprint density at radius 2 is 0.815 bits per heavy atom. The lowest BCUT2D eigenvalue weighted by atomic mass is 10.1. The fourth-order valence-corrected chi connectivity index (χ4v) is 3.65. The zero-order valence-electron chi connectivity index (χ0n) is 18.3. The van der Waals surface area contributed by atoms with E-state index in [1.54, 1.807) is 0 Å². The first-order chi connectivity index (χ1) is 12.8. The summed E-state index contributed by atoms with van der Waals surface area (Å²) < 4.78 is 8.88. The first-order valence-corrected chi connectivity index (χ1v) is 14.6. The first-order valence-electron chi connectivity index (χ1n) is 10.8. The van der Waals surface area contributed by atoms with Crippen LogP contribution in [0.5, 0.6) is 0 Å². The highest BCUT2D eigenvalue weighted by molar-refractivity contribution is 7.99. The Balaban J connectivity index is -0.000000344. The predicted molar refractivity (Wildman–Crippen MR) is 127 cm³/mol.